The van der Waals surface area contributed by atoms with Gasteiger partial charge in [0.1, 0.15) is 18.1 Å². The Morgan fingerprint density at radius 1 is 1.30 bits per heavy atom. The van der Waals surface area contributed by atoms with E-state index in [0.717, 1.165) is 21.9 Å². The van der Waals surface area contributed by atoms with E-state index in [0.29, 0.717) is 17.9 Å². The zero-order chi connectivity index (χ0) is 19.6. The number of ether oxygens (including phenoxy) is 1. The van der Waals surface area contributed by atoms with Gasteiger partial charge in [-0.3, -0.25) is 9.59 Å². The molecule has 0 unspecified atom stereocenters. The van der Waals surface area contributed by atoms with E-state index in [9.17, 15) is 9.59 Å². The summed E-state index contributed by atoms with van der Waals surface area (Å²) >= 11 is 0. The number of aryl methyl sites for hydroxylation is 1. The van der Waals surface area contributed by atoms with Crippen molar-refractivity contribution in [3.63, 3.8) is 0 Å². The summed E-state index contributed by atoms with van der Waals surface area (Å²) in [5.41, 5.74) is 2.18. The van der Waals surface area contributed by atoms with E-state index in [1.54, 1.807) is 37.6 Å². The third kappa shape index (κ3) is 5.78. The molecule has 27 heavy (non-hydrogen) atoms. The molecule has 2 aromatic rings. The van der Waals surface area contributed by atoms with Crippen molar-refractivity contribution in [1.29, 1.82) is 0 Å². The predicted molar refractivity (Wildman–Crippen MR) is 105 cm³/mol. The Kier molecular flexibility index (Phi) is 7.25. The predicted octanol–water partition coefficient (Wildman–Crippen LogP) is 2.78. The van der Waals surface area contributed by atoms with Crippen LogP contribution < -0.4 is 10.1 Å². The summed E-state index contributed by atoms with van der Waals surface area (Å²) in [7, 11) is 1.59. The van der Waals surface area contributed by atoms with Crippen LogP contribution in [0.15, 0.2) is 59.8 Å². The van der Waals surface area contributed by atoms with Crippen LogP contribution in [-0.4, -0.2) is 41.7 Å². The second-order valence-corrected chi connectivity index (χ2v) is 5.63. The highest BCUT2D eigenvalue weighted by Crippen LogP contribution is 2.13. The number of rotatable bonds is 8. The number of nitrogens with zero attached hydrogens (tertiary/aromatic N) is 3. The molecular formula is C20H22N4O3. The molecule has 7 heteroatoms. The highest BCUT2D eigenvalue weighted by atomic mass is 16.5. The zero-order valence-corrected chi connectivity index (χ0v) is 15.5. The van der Waals surface area contributed by atoms with Gasteiger partial charge < -0.3 is 10.1 Å². The van der Waals surface area contributed by atoms with Crippen LogP contribution >= 0.6 is 0 Å². The molecule has 2 rings (SSSR count). The molecule has 0 aliphatic rings. The molecule has 0 aliphatic heterocycles. The molecule has 2 amide bonds. The molecule has 1 aromatic carbocycles. The van der Waals surface area contributed by atoms with Crippen LogP contribution in [0.3, 0.4) is 0 Å². The third-order valence-corrected chi connectivity index (χ3v) is 3.64. The second-order valence-electron chi connectivity index (χ2n) is 5.63. The molecule has 1 aromatic heterocycles. The van der Waals surface area contributed by atoms with Gasteiger partial charge in [0.25, 0.3) is 0 Å². The topological polar surface area (TPSA) is 83.9 Å². The van der Waals surface area contributed by atoms with E-state index in [2.05, 4.69) is 15.4 Å². The first-order chi connectivity index (χ1) is 13.1. The Morgan fingerprint density at radius 2 is 2.04 bits per heavy atom. The molecule has 0 fully saturated rings. The first-order valence-corrected chi connectivity index (χ1v) is 8.36. The monoisotopic (exact) mass is 366 g/mol. The van der Waals surface area contributed by atoms with E-state index in [-0.39, 0.29) is 12.5 Å². The van der Waals surface area contributed by atoms with Gasteiger partial charge in [-0.1, -0.05) is 12.1 Å². The molecule has 1 heterocycles. The summed E-state index contributed by atoms with van der Waals surface area (Å²) in [5, 5.41) is 8.02. The number of hydrogen-bond acceptors (Lipinski definition) is 5. The number of hydrazone groups is 1. The Labute approximate surface area is 158 Å². The number of benzene rings is 1. The maximum atomic E-state index is 12.2. The van der Waals surface area contributed by atoms with Gasteiger partial charge in [0.05, 0.1) is 12.8 Å². The minimum atomic E-state index is -0.387. The quantitative estimate of drug-likeness (QED) is 0.442. The molecule has 0 saturated heterocycles. The summed E-state index contributed by atoms with van der Waals surface area (Å²) in [4.78, 5) is 27.8. The third-order valence-electron chi connectivity index (χ3n) is 3.64. The van der Waals surface area contributed by atoms with Crippen molar-refractivity contribution in [3.05, 3.63) is 65.9 Å². The molecule has 0 radical (unpaired) electrons. The number of allylic oxidation sites excluding steroid dienone is 2. The van der Waals surface area contributed by atoms with Crippen molar-refractivity contribution in [2.45, 2.75) is 13.8 Å². The number of anilines is 1. The van der Waals surface area contributed by atoms with E-state index < -0.39 is 0 Å². The molecule has 0 spiro atoms. The number of nitrogens with one attached hydrogen (secondary N) is 1. The molecular weight excluding hydrogens is 344 g/mol. The van der Waals surface area contributed by atoms with Gasteiger partial charge >= 0.3 is 0 Å². The van der Waals surface area contributed by atoms with Crippen molar-refractivity contribution in [2.75, 3.05) is 19.0 Å². The molecule has 0 saturated carbocycles. The van der Waals surface area contributed by atoms with Gasteiger partial charge in [0.15, 0.2) is 0 Å². The zero-order valence-electron chi connectivity index (χ0n) is 15.5. The fraction of sp³-hybridized carbons (Fsp3) is 0.200. The lowest BCUT2D eigenvalue weighted by molar-refractivity contribution is -0.125. The number of methoxy groups -OCH3 is 1. The molecule has 0 aliphatic carbocycles. The fourth-order valence-electron chi connectivity index (χ4n) is 2.28. The number of amides is 2. The van der Waals surface area contributed by atoms with Crippen molar-refractivity contribution in [2.24, 2.45) is 5.10 Å². The highest BCUT2D eigenvalue weighted by molar-refractivity contribution is 6.09. The average molecular weight is 366 g/mol. The smallest absolute Gasteiger partial charge is 0.247 e. The van der Waals surface area contributed by atoms with E-state index in [1.807, 2.05) is 38.1 Å². The lowest BCUT2D eigenvalue weighted by Crippen LogP contribution is -2.30. The van der Waals surface area contributed by atoms with Gasteiger partial charge in [0.2, 0.25) is 12.3 Å². The largest absolute Gasteiger partial charge is 0.497 e. The van der Waals surface area contributed by atoms with Crippen LogP contribution in [0.4, 0.5) is 5.82 Å². The van der Waals surface area contributed by atoms with E-state index >= 15 is 0 Å². The van der Waals surface area contributed by atoms with Gasteiger partial charge in [-0.05, 0) is 55.8 Å². The van der Waals surface area contributed by atoms with Crippen LogP contribution in [0.1, 0.15) is 18.1 Å². The average Bonchev–Trinajstić information content (AvgIpc) is 2.68. The number of carbonyl (C=O) groups is 2. The summed E-state index contributed by atoms with van der Waals surface area (Å²) in [5.74, 6) is 0.791. The molecule has 0 atom stereocenters. The molecule has 1 N–H and O–H groups in total. The van der Waals surface area contributed by atoms with Gasteiger partial charge in [-0.25, -0.2) is 9.99 Å². The minimum Gasteiger partial charge on any atom is -0.497 e. The van der Waals surface area contributed by atoms with Crippen LogP contribution in [0.2, 0.25) is 0 Å². The first-order valence-electron chi connectivity index (χ1n) is 8.36. The lowest BCUT2D eigenvalue weighted by Gasteiger charge is -2.14. The summed E-state index contributed by atoms with van der Waals surface area (Å²) < 4.78 is 5.15. The van der Waals surface area contributed by atoms with Gasteiger partial charge in [0, 0.05) is 11.8 Å². The summed E-state index contributed by atoms with van der Waals surface area (Å²) in [6.45, 7) is 3.46. The van der Waals surface area contributed by atoms with Crippen molar-refractivity contribution >= 4 is 23.8 Å². The maximum Gasteiger partial charge on any atom is 0.247 e. The number of aromatic nitrogens is 1. The Hall–Kier alpha value is -3.48. The standard InChI is InChI=1S/C20H22N4O3/c1-4-6-18(16-8-10-17(27-3)11-9-16)23-24(14-25)13-19(26)22-20-15(2)7-5-12-21-20/h4-12,14H,13H2,1-3H3,(H,21,22,26)/b6-4-,23-18+. The lowest BCUT2D eigenvalue weighted by atomic mass is 10.1. The molecule has 140 valence electrons. The Bertz CT molecular complexity index is 845. The second kappa shape index (κ2) is 9.86. The maximum absolute atomic E-state index is 12.2. The first kappa shape index (κ1) is 19.8. The van der Waals surface area contributed by atoms with Gasteiger partial charge in [-0.2, -0.15) is 5.10 Å². The highest BCUT2D eigenvalue weighted by Gasteiger charge is 2.11. The molecule has 0 bridgehead atoms. The van der Waals surface area contributed by atoms with Gasteiger partial charge in [-0.15, -0.1) is 0 Å². The van der Waals surface area contributed by atoms with E-state index in [1.165, 1.54) is 0 Å². The Morgan fingerprint density at radius 3 is 2.63 bits per heavy atom. The number of pyridine rings is 1. The van der Waals surface area contributed by atoms with Crippen LogP contribution in [0, 0.1) is 6.92 Å². The van der Waals surface area contributed by atoms with Crippen molar-refractivity contribution in [3.8, 4) is 5.75 Å². The molecule has 7 nitrogen and oxygen atoms in total. The van der Waals surface area contributed by atoms with Crippen LogP contribution in [-0.2, 0) is 9.59 Å². The number of carbonyl (C=O) groups excluding carboxylic acids is 2. The summed E-state index contributed by atoms with van der Waals surface area (Å²) in [6.07, 6.45) is 5.67. The van der Waals surface area contributed by atoms with E-state index in [4.69, 9.17) is 4.74 Å². The Balaban J connectivity index is 2.16. The van der Waals surface area contributed by atoms with Crippen LogP contribution in [0.25, 0.3) is 0 Å². The van der Waals surface area contributed by atoms with Crippen LogP contribution in [0.5, 0.6) is 5.75 Å². The van der Waals surface area contributed by atoms with Crippen molar-refractivity contribution < 1.29 is 14.3 Å². The summed E-state index contributed by atoms with van der Waals surface area (Å²) in [6, 6.07) is 10.9. The normalized spacial score (nSPS) is 11.3. The van der Waals surface area contributed by atoms with Crippen molar-refractivity contribution in [1.82, 2.24) is 9.99 Å². The minimum absolute atomic E-state index is 0.225. The number of hydrogen-bond donors (Lipinski definition) is 1. The fourth-order valence-corrected chi connectivity index (χ4v) is 2.28. The SMILES string of the molecule is C/C=C\C(=N/N(C=O)CC(=O)Nc1ncccc1C)c1ccc(OC)cc1.